The van der Waals surface area contributed by atoms with Gasteiger partial charge in [0.05, 0.1) is 9.82 Å². The third-order valence-electron chi connectivity index (χ3n) is 3.60. The molecule has 2 aromatic carbocycles. The lowest BCUT2D eigenvalue weighted by atomic mass is 10.1. The van der Waals surface area contributed by atoms with Crippen LogP contribution in [0.25, 0.3) is 0 Å². The third-order valence-corrected chi connectivity index (χ3v) is 4.72. The van der Waals surface area contributed by atoms with E-state index >= 15 is 0 Å². The van der Waals surface area contributed by atoms with Crippen molar-refractivity contribution in [3.63, 3.8) is 0 Å². The fourth-order valence-corrected chi connectivity index (χ4v) is 3.04. The van der Waals surface area contributed by atoms with Gasteiger partial charge in [-0.3, -0.25) is 14.9 Å². The van der Waals surface area contributed by atoms with Gasteiger partial charge >= 0.3 is 0 Å². The van der Waals surface area contributed by atoms with Gasteiger partial charge in [0, 0.05) is 24.4 Å². The lowest BCUT2D eigenvalue weighted by Crippen LogP contribution is -2.12. The molecule has 0 unspecified atom stereocenters. The molecule has 3 aromatic rings. The first-order valence-corrected chi connectivity index (χ1v) is 8.44. The normalized spacial score (nSPS) is 10.5. The van der Waals surface area contributed by atoms with Crippen LogP contribution < -0.4 is 5.32 Å². The largest absolute Gasteiger partial charge is 0.322 e. The van der Waals surface area contributed by atoms with E-state index in [1.807, 2.05) is 19.1 Å². The second kappa shape index (κ2) is 7.36. The Balaban J connectivity index is 1.85. The van der Waals surface area contributed by atoms with E-state index in [1.54, 1.807) is 35.9 Å². The van der Waals surface area contributed by atoms with Gasteiger partial charge in [-0.1, -0.05) is 17.7 Å². The van der Waals surface area contributed by atoms with E-state index in [0.29, 0.717) is 15.7 Å². The molecule has 1 amide bonds. The monoisotopic (exact) mass is 369 g/mol. The molecule has 0 aliphatic rings. The van der Waals surface area contributed by atoms with Crippen LogP contribution in [0.4, 0.5) is 11.4 Å². The van der Waals surface area contributed by atoms with E-state index in [4.69, 9.17) is 0 Å². The summed E-state index contributed by atoms with van der Waals surface area (Å²) in [7, 11) is 1.75. The molecule has 0 atom stereocenters. The Morgan fingerprint density at radius 1 is 1.23 bits per heavy atom. The van der Waals surface area contributed by atoms with Crippen molar-refractivity contribution >= 4 is 29.0 Å². The zero-order valence-corrected chi connectivity index (χ0v) is 14.9. The number of amides is 1. The maximum Gasteiger partial charge on any atom is 0.284 e. The maximum absolute atomic E-state index is 12.4. The summed E-state index contributed by atoms with van der Waals surface area (Å²) >= 11 is 1.12. The topological polar surface area (TPSA) is 103 Å². The molecule has 132 valence electrons. The summed E-state index contributed by atoms with van der Waals surface area (Å²) in [6.07, 6.45) is 1.51. The Hall–Kier alpha value is -3.20. The van der Waals surface area contributed by atoms with E-state index in [9.17, 15) is 14.9 Å². The van der Waals surface area contributed by atoms with Gasteiger partial charge in [0.2, 0.25) is 0 Å². The Bertz CT molecular complexity index is 969. The molecule has 8 nitrogen and oxygen atoms in total. The van der Waals surface area contributed by atoms with Crippen LogP contribution in [0.5, 0.6) is 0 Å². The van der Waals surface area contributed by atoms with Crippen LogP contribution >= 0.6 is 11.8 Å². The molecule has 0 spiro atoms. The smallest absolute Gasteiger partial charge is 0.284 e. The van der Waals surface area contributed by atoms with Crippen molar-refractivity contribution in [2.24, 2.45) is 7.05 Å². The summed E-state index contributed by atoms with van der Waals surface area (Å²) in [5, 5.41) is 22.3. The molecule has 0 saturated heterocycles. The predicted molar refractivity (Wildman–Crippen MR) is 97.4 cm³/mol. The Morgan fingerprint density at radius 2 is 1.96 bits per heavy atom. The molecular weight excluding hydrogens is 354 g/mol. The van der Waals surface area contributed by atoms with Crippen LogP contribution in [0.3, 0.4) is 0 Å². The first-order chi connectivity index (χ1) is 12.4. The molecule has 3 rings (SSSR count). The molecule has 0 saturated carbocycles. The van der Waals surface area contributed by atoms with Crippen LogP contribution in [-0.2, 0) is 7.05 Å². The van der Waals surface area contributed by atoms with Crippen molar-refractivity contribution in [2.45, 2.75) is 17.0 Å². The van der Waals surface area contributed by atoms with Gasteiger partial charge in [0.1, 0.15) is 6.33 Å². The highest BCUT2D eigenvalue weighted by Crippen LogP contribution is 2.34. The number of benzene rings is 2. The minimum Gasteiger partial charge on any atom is -0.322 e. The average molecular weight is 369 g/mol. The number of hydrogen-bond acceptors (Lipinski definition) is 6. The molecule has 0 aliphatic heterocycles. The quantitative estimate of drug-likeness (QED) is 0.546. The zero-order chi connectivity index (χ0) is 18.7. The van der Waals surface area contributed by atoms with Gasteiger partial charge in [0.25, 0.3) is 11.6 Å². The molecule has 1 heterocycles. The molecule has 1 aromatic heterocycles. The van der Waals surface area contributed by atoms with E-state index in [1.165, 1.54) is 12.4 Å². The van der Waals surface area contributed by atoms with Crippen LogP contribution in [0.15, 0.2) is 58.8 Å². The van der Waals surface area contributed by atoms with Crippen molar-refractivity contribution in [2.75, 3.05) is 5.32 Å². The molecule has 0 bridgehead atoms. The minimum absolute atomic E-state index is 0.158. The SMILES string of the molecule is Cc1ccc(NC(=O)c2ccc(Sc3nncn3C)c([N+](=O)[O-])c2)cc1. The van der Waals surface area contributed by atoms with Crippen LogP contribution in [0.1, 0.15) is 15.9 Å². The fourth-order valence-electron chi connectivity index (χ4n) is 2.19. The van der Waals surface area contributed by atoms with Crippen LogP contribution in [-0.4, -0.2) is 25.6 Å². The molecule has 0 aliphatic carbocycles. The molecule has 26 heavy (non-hydrogen) atoms. The lowest BCUT2D eigenvalue weighted by Gasteiger charge is -2.07. The van der Waals surface area contributed by atoms with Crippen molar-refractivity contribution in [3.8, 4) is 0 Å². The van der Waals surface area contributed by atoms with Crippen LogP contribution in [0.2, 0.25) is 0 Å². The summed E-state index contributed by atoms with van der Waals surface area (Å²) < 4.78 is 1.66. The van der Waals surface area contributed by atoms with Gasteiger partial charge in [-0.25, -0.2) is 0 Å². The average Bonchev–Trinajstić information content (AvgIpc) is 3.02. The highest BCUT2D eigenvalue weighted by Gasteiger charge is 2.20. The number of rotatable bonds is 5. The number of carbonyl (C=O) groups excluding carboxylic acids is 1. The van der Waals surface area contributed by atoms with Gasteiger partial charge in [-0.15, -0.1) is 10.2 Å². The number of nitrogens with one attached hydrogen (secondary N) is 1. The number of anilines is 1. The van der Waals surface area contributed by atoms with Gasteiger partial charge < -0.3 is 9.88 Å². The van der Waals surface area contributed by atoms with E-state index < -0.39 is 10.8 Å². The Morgan fingerprint density at radius 3 is 2.58 bits per heavy atom. The minimum atomic E-state index is -0.513. The van der Waals surface area contributed by atoms with Crippen LogP contribution in [0, 0.1) is 17.0 Å². The number of nitro groups is 1. The third kappa shape index (κ3) is 3.89. The van der Waals surface area contributed by atoms with Crippen molar-refractivity contribution < 1.29 is 9.72 Å². The first-order valence-electron chi connectivity index (χ1n) is 7.62. The zero-order valence-electron chi connectivity index (χ0n) is 14.0. The van der Waals surface area contributed by atoms with Crippen molar-refractivity contribution in [3.05, 3.63) is 70.0 Å². The van der Waals surface area contributed by atoms with Crippen molar-refractivity contribution in [1.29, 1.82) is 0 Å². The maximum atomic E-state index is 12.4. The number of aryl methyl sites for hydroxylation is 2. The molecule has 0 radical (unpaired) electrons. The molecular formula is C17H15N5O3S. The van der Waals surface area contributed by atoms with Crippen molar-refractivity contribution in [1.82, 2.24) is 14.8 Å². The molecule has 0 fully saturated rings. The summed E-state index contributed by atoms with van der Waals surface area (Å²) in [6.45, 7) is 1.95. The van der Waals surface area contributed by atoms with Gasteiger partial charge in [-0.2, -0.15) is 0 Å². The summed E-state index contributed by atoms with van der Waals surface area (Å²) in [6, 6.07) is 11.7. The standard InChI is InChI=1S/C17H15N5O3S/c1-11-3-6-13(7-4-11)19-16(23)12-5-8-15(14(9-12)22(24)25)26-17-20-18-10-21(17)2/h3-10H,1-2H3,(H,19,23). The molecule has 9 heteroatoms. The number of nitrogens with zero attached hydrogens (tertiary/aromatic N) is 4. The second-order valence-corrected chi connectivity index (χ2v) is 6.60. The number of carbonyl (C=O) groups is 1. The van der Waals surface area contributed by atoms with Gasteiger partial charge in [-0.05, 0) is 43.0 Å². The molecule has 1 N–H and O–H groups in total. The number of hydrogen-bond donors (Lipinski definition) is 1. The highest BCUT2D eigenvalue weighted by atomic mass is 32.2. The highest BCUT2D eigenvalue weighted by molar-refractivity contribution is 7.99. The number of nitro benzene ring substituents is 1. The predicted octanol–water partition coefficient (Wildman–Crippen LogP) is 3.44. The summed E-state index contributed by atoms with van der Waals surface area (Å²) in [4.78, 5) is 23.7. The lowest BCUT2D eigenvalue weighted by molar-refractivity contribution is -0.387. The van der Waals surface area contributed by atoms with E-state index in [0.717, 1.165) is 17.3 Å². The summed E-state index contributed by atoms with van der Waals surface area (Å²) in [5.41, 5.74) is 1.75. The Kier molecular flexibility index (Phi) is 4.99. The van der Waals surface area contributed by atoms with Gasteiger partial charge in [0.15, 0.2) is 5.16 Å². The second-order valence-electron chi connectivity index (χ2n) is 5.59. The fraction of sp³-hybridized carbons (Fsp3) is 0.118. The first kappa shape index (κ1) is 17.6. The summed E-state index contributed by atoms with van der Waals surface area (Å²) in [5.74, 6) is -0.410. The number of aromatic nitrogens is 3. The Labute approximate surface area is 153 Å². The van der Waals surface area contributed by atoms with E-state index in [-0.39, 0.29) is 11.3 Å². The van der Waals surface area contributed by atoms with E-state index in [2.05, 4.69) is 15.5 Å².